The molecule has 0 unspecified atom stereocenters. The fraction of sp³-hybridized carbons (Fsp3) is 0.857. The summed E-state index contributed by atoms with van der Waals surface area (Å²) in [6.45, 7) is 12.4. The van der Waals surface area contributed by atoms with E-state index >= 15 is 0 Å². The summed E-state index contributed by atoms with van der Waals surface area (Å²) in [6.07, 6.45) is 7.50. The van der Waals surface area contributed by atoms with E-state index in [9.17, 15) is 39.3 Å². The molecule has 3 heterocycles. The second kappa shape index (κ2) is 23.6. The zero-order valence-electron chi connectivity index (χ0n) is 30.9. The standard InChI is InChI=1S/C35H64N8O8/c1-2-3-11-37-22-24-42(25-23-37)30-8-12-43(13-9-30)32(45)7-5-4-6-10-36-31(44)26-38-14-16-39(27-33(46)47)18-20-41(29-35(50)51)21-19-40(17-15-38)28-34(48)49/h30H,2-29H2,1H3,(H,36,44)(H,46,47)(H,48,49)(H,50,51). The lowest BCUT2D eigenvalue weighted by Gasteiger charge is -2.42. The third-order valence-electron chi connectivity index (χ3n) is 10.3. The molecule has 2 amide bonds. The molecule has 51 heavy (non-hydrogen) atoms. The highest BCUT2D eigenvalue weighted by molar-refractivity contribution is 5.78. The number of nitrogens with zero attached hydrogens (tertiary/aromatic N) is 7. The molecule has 0 bridgehead atoms. The van der Waals surface area contributed by atoms with Gasteiger partial charge in [0.25, 0.3) is 0 Å². The molecular weight excluding hydrogens is 660 g/mol. The molecule has 0 aromatic rings. The predicted molar refractivity (Wildman–Crippen MR) is 193 cm³/mol. The minimum Gasteiger partial charge on any atom is -0.480 e. The zero-order valence-corrected chi connectivity index (χ0v) is 30.9. The van der Waals surface area contributed by atoms with Crippen molar-refractivity contribution in [3.05, 3.63) is 0 Å². The molecule has 0 saturated carbocycles. The number of hydrogen-bond donors (Lipinski definition) is 4. The van der Waals surface area contributed by atoms with Gasteiger partial charge in [0.2, 0.25) is 11.8 Å². The van der Waals surface area contributed by atoms with Gasteiger partial charge < -0.3 is 30.4 Å². The Balaban J connectivity index is 1.35. The number of carboxylic acids is 3. The number of aliphatic carboxylic acids is 3. The highest BCUT2D eigenvalue weighted by Gasteiger charge is 2.29. The molecule has 3 rings (SSSR count). The van der Waals surface area contributed by atoms with Crippen LogP contribution in [-0.4, -0.2) is 216 Å². The van der Waals surface area contributed by atoms with Crippen molar-refractivity contribution in [3.63, 3.8) is 0 Å². The fourth-order valence-corrected chi connectivity index (χ4v) is 7.22. The monoisotopic (exact) mass is 724 g/mol. The van der Waals surface area contributed by atoms with Crippen LogP contribution in [0.25, 0.3) is 0 Å². The van der Waals surface area contributed by atoms with Crippen molar-refractivity contribution in [3.8, 4) is 0 Å². The number of carbonyl (C=O) groups is 5. The van der Waals surface area contributed by atoms with E-state index in [4.69, 9.17) is 0 Å². The highest BCUT2D eigenvalue weighted by Crippen LogP contribution is 2.20. The van der Waals surface area contributed by atoms with Crippen LogP contribution in [0.3, 0.4) is 0 Å². The van der Waals surface area contributed by atoms with Gasteiger partial charge in [0.15, 0.2) is 0 Å². The van der Waals surface area contributed by atoms with E-state index in [0.29, 0.717) is 71.4 Å². The minimum atomic E-state index is -1.00. The molecule has 3 aliphatic rings. The average Bonchev–Trinajstić information content (AvgIpc) is 3.09. The van der Waals surface area contributed by atoms with Crippen molar-refractivity contribution in [2.45, 2.75) is 64.3 Å². The maximum Gasteiger partial charge on any atom is 0.317 e. The molecule has 4 N–H and O–H groups in total. The van der Waals surface area contributed by atoms with Gasteiger partial charge in [-0.15, -0.1) is 0 Å². The molecule has 0 spiro atoms. The molecule has 0 atom stereocenters. The first-order valence-corrected chi connectivity index (χ1v) is 19.1. The normalized spacial score (nSPS) is 20.8. The third-order valence-corrected chi connectivity index (χ3v) is 10.3. The summed E-state index contributed by atoms with van der Waals surface area (Å²) in [4.78, 5) is 74.4. The molecule has 3 saturated heterocycles. The third kappa shape index (κ3) is 17.5. The number of unbranched alkanes of at least 4 members (excludes halogenated alkanes) is 3. The number of nitrogens with one attached hydrogen (secondary N) is 1. The van der Waals surface area contributed by atoms with Crippen LogP contribution in [-0.2, 0) is 24.0 Å². The van der Waals surface area contributed by atoms with Crippen LogP contribution in [0.2, 0.25) is 0 Å². The van der Waals surface area contributed by atoms with E-state index in [-0.39, 0.29) is 38.0 Å². The lowest BCUT2D eigenvalue weighted by atomic mass is 10.0. The lowest BCUT2D eigenvalue weighted by molar-refractivity contribution is -0.140. The molecule has 292 valence electrons. The first-order valence-electron chi connectivity index (χ1n) is 19.1. The maximum absolute atomic E-state index is 12.9. The van der Waals surface area contributed by atoms with E-state index in [2.05, 4.69) is 22.0 Å². The Labute approximate surface area is 303 Å². The van der Waals surface area contributed by atoms with Crippen LogP contribution in [0, 0.1) is 0 Å². The number of carboxylic acid groups (broad SMARTS) is 3. The summed E-state index contributed by atoms with van der Waals surface area (Å²) in [5, 5.41) is 31.1. The molecule has 0 aromatic carbocycles. The Morgan fingerprint density at radius 2 is 1.00 bits per heavy atom. The van der Waals surface area contributed by atoms with Crippen LogP contribution in [0.15, 0.2) is 0 Å². The molecule has 0 radical (unpaired) electrons. The molecule has 3 aliphatic heterocycles. The number of piperidine rings is 1. The van der Waals surface area contributed by atoms with E-state index in [1.165, 1.54) is 19.4 Å². The quantitative estimate of drug-likeness (QED) is 0.134. The lowest BCUT2D eigenvalue weighted by Crippen LogP contribution is -2.53. The van der Waals surface area contributed by atoms with Crippen LogP contribution in [0.5, 0.6) is 0 Å². The van der Waals surface area contributed by atoms with Crippen molar-refractivity contribution in [1.29, 1.82) is 0 Å². The topological polar surface area (TPSA) is 181 Å². The first-order chi connectivity index (χ1) is 24.5. The van der Waals surface area contributed by atoms with Gasteiger partial charge in [-0.3, -0.25) is 48.5 Å². The average molecular weight is 725 g/mol. The zero-order chi connectivity index (χ0) is 37.0. The van der Waals surface area contributed by atoms with Gasteiger partial charge in [0, 0.05) is 111 Å². The van der Waals surface area contributed by atoms with Gasteiger partial charge >= 0.3 is 17.9 Å². The second-order valence-electron chi connectivity index (χ2n) is 14.3. The molecule has 0 aromatic heterocycles. The van der Waals surface area contributed by atoms with Crippen molar-refractivity contribution < 1.29 is 39.3 Å². The van der Waals surface area contributed by atoms with Crippen LogP contribution >= 0.6 is 0 Å². The molecule has 16 heteroatoms. The number of hydrogen-bond acceptors (Lipinski definition) is 11. The van der Waals surface area contributed by atoms with Crippen molar-refractivity contribution in [1.82, 2.24) is 39.6 Å². The Bertz CT molecular complexity index is 1050. The van der Waals surface area contributed by atoms with Gasteiger partial charge in [-0.05, 0) is 38.6 Å². The first kappa shape index (κ1) is 42.5. The van der Waals surface area contributed by atoms with Gasteiger partial charge in [-0.1, -0.05) is 19.8 Å². The number of rotatable bonds is 18. The summed E-state index contributed by atoms with van der Waals surface area (Å²) in [5.74, 6) is -2.92. The molecule has 3 fully saturated rings. The van der Waals surface area contributed by atoms with E-state index < -0.39 is 17.9 Å². The van der Waals surface area contributed by atoms with Gasteiger partial charge in [-0.2, -0.15) is 0 Å². The Morgan fingerprint density at radius 1 is 0.549 bits per heavy atom. The van der Waals surface area contributed by atoms with Gasteiger partial charge in [0.05, 0.1) is 26.2 Å². The number of carbonyl (C=O) groups excluding carboxylic acids is 2. The number of piperazine rings is 1. The molecule has 0 aliphatic carbocycles. The van der Waals surface area contributed by atoms with Crippen molar-refractivity contribution >= 4 is 29.7 Å². The van der Waals surface area contributed by atoms with E-state index in [1.54, 1.807) is 14.7 Å². The Morgan fingerprint density at radius 3 is 1.45 bits per heavy atom. The molecule has 16 nitrogen and oxygen atoms in total. The summed E-state index contributed by atoms with van der Waals surface area (Å²) in [6, 6.07) is 0.580. The molecular formula is C35H64N8O8. The fourth-order valence-electron chi connectivity index (χ4n) is 7.22. The number of amides is 2. The summed E-state index contributed by atoms with van der Waals surface area (Å²) < 4.78 is 0. The van der Waals surface area contributed by atoms with Crippen molar-refractivity contribution in [2.24, 2.45) is 0 Å². The van der Waals surface area contributed by atoms with Crippen LogP contribution in [0.4, 0.5) is 0 Å². The van der Waals surface area contributed by atoms with Gasteiger partial charge in [-0.25, -0.2) is 0 Å². The maximum atomic E-state index is 12.9. The van der Waals surface area contributed by atoms with E-state index in [1.807, 2.05) is 9.80 Å². The van der Waals surface area contributed by atoms with E-state index in [0.717, 1.165) is 71.4 Å². The van der Waals surface area contributed by atoms with Crippen LogP contribution in [0.1, 0.15) is 58.3 Å². The highest BCUT2D eigenvalue weighted by atomic mass is 16.4. The van der Waals surface area contributed by atoms with Crippen molar-refractivity contribution in [2.75, 3.05) is 131 Å². The minimum absolute atomic E-state index is 0.0932. The Hall–Kier alpha value is -2.89. The summed E-state index contributed by atoms with van der Waals surface area (Å²) in [5.41, 5.74) is 0. The summed E-state index contributed by atoms with van der Waals surface area (Å²) in [7, 11) is 0. The van der Waals surface area contributed by atoms with Crippen LogP contribution < -0.4 is 5.32 Å². The predicted octanol–water partition coefficient (Wildman–Crippen LogP) is -0.453. The van der Waals surface area contributed by atoms with Gasteiger partial charge in [0.1, 0.15) is 0 Å². The number of likely N-dealkylation sites (tertiary alicyclic amines) is 1. The SMILES string of the molecule is CCCCN1CCN(C2CCN(C(=O)CCCCCNC(=O)CN3CCN(CC(=O)O)CCN(CC(=O)O)CCN(CC(=O)O)CC3)CC2)CC1. The smallest absolute Gasteiger partial charge is 0.317 e. The second-order valence-corrected chi connectivity index (χ2v) is 14.3. The Kier molecular flexibility index (Phi) is 19.7. The summed E-state index contributed by atoms with van der Waals surface area (Å²) >= 11 is 0. The largest absolute Gasteiger partial charge is 0.480 e.